The first-order valence-corrected chi connectivity index (χ1v) is 10.4. The van der Waals surface area contributed by atoms with Crippen LogP contribution in [0.5, 0.6) is 5.75 Å². The molecule has 2 atom stereocenters. The number of aliphatic hydroxyl groups is 1. The molecule has 1 unspecified atom stereocenters. The Hall–Kier alpha value is -2.63. The van der Waals surface area contributed by atoms with E-state index in [2.05, 4.69) is 36.3 Å². The zero-order chi connectivity index (χ0) is 20.5. The lowest BCUT2D eigenvalue weighted by molar-refractivity contribution is 0.171. The fraction of sp³-hybridized carbons (Fsp3) is 0.375. The highest BCUT2D eigenvalue weighted by molar-refractivity contribution is 5.87. The van der Waals surface area contributed by atoms with Crippen molar-refractivity contribution in [1.82, 2.24) is 10.3 Å². The van der Waals surface area contributed by atoms with Gasteiger partial charge in [-0.3, -0.25) is 4.79 Å². The average molecular weight is 394 g/mol. The molecule has 152 valence electrons. The number of aromatic nitrogens is 1. The van der Waals surface area contributed by atoms with Crippen molar-refractivity contribution in [2.75, 3.05) is 6.54 Å². The van der Waals surface area contributed by atoms with Gasteiger partial charge < -0.3 is 20.5 Å². The lowest BCUT2D eigenvalue weighted by Crippen LogP contribution is -2.33. The number of hydrogen-bond donors (Lipinski definition) is 4. The summed E-state index contributed by atoms with van der Waals surface area (Å²) in [6.45, 7) is 4.83. The van der Waals surface area contributed by atoms with Crippen LogP contribution >= 0.6 is 0 Å². The highest BCUT2D eigenvalue weighted by atomic mass is 16.3. The fourth-order valence-electron chi connectivity index (χ4n) is 4.51. The predicted molar refractivity (Wildman–Crippen MR) is 116 cm³/mol. The predicted octanol–water partition coefficient (Wildman–Crippen LogP) is 3.15. The highest BCUT2D eigenvalue weighted by Gasteiger charge is 2.23. The van der Waals surface area contributed by atoms with Gasteiger partial charge in [-0.25, -0.2) is 0 Å². The molecule has 0 amide bonds. The van der Waals surface area contributed by atoms with Crippen LogP contribution in [0.3, 0.4) is 0 Å². The Balaban J connectivity index is 1.48. The summed E-state index contributed by atoms with van der Waals surface area (Å²) in [6, 6.07) is 11.3. The van der Waals surface area contributed by atoms with Crippen molar-refractivity contribution in [3.05, 3.63) is 74.6 Å². The molecule has 5 heteroatoms. The largest absolute Gasteiger partial charge is 0.506 e. The van der Waals surface area contributed by atoms with Gasteiger partial charge in [0.15, 0.2) is 0 Å². The van der Waals surface area contributed by atoms with Gasteiger partial charge in [-0.1, -0.05) is 32.0 Å². The molecule has 29 heavy (non-hydrogen) atoms. The Kier molecular flexibility index (Phi) is 5.43. The number of benzene rings is 2. The third-order valence-corrected chi connectivity index (χ3v) is 6.08. The summed E-state index contributed by atoms with van der Waals surface area (Å²) in [7, 11) is 0. The van der Waals surface area contributed by atoms with E-state index in [1.807, 2.05) is 0 Å². The molecule has 3 aromatic rings. The van der Waals surface area contributed by atoms with Gasteiger partial charge in [0.25, 0.3) is 0 Å². The number of rotatable bonds is 6. The van der Waals surface area contributed by atoms with Gasteiger partial charge in [0, 0.05) is 24.0 Å². The van der Waals surface area contributed by atoms with E-state index in [1.54, 1.807) is 12.1 Å². The molecule has 4 N–H and O–H groups in total. The summed E-state index contributed by atoms with van der Waals surface area (Å²) in [5.41, 5.74) is 6.49. The number of nitrogens with one attached hydrogen (secondary N) is 2. The second-order valence-corrected chi connectivity index (χ2v) is 7.91. The van der Waals surface area contributed by atoms with Crippen molar-refractivity contribution in [2.24, 2.45) is 0 Å². The minimum absolute atomic E-state index is 0.00584. The van der Waals surface area contributed by atoms with Gasteiger partial charge in [-0.15, -0.1) is 0 Å². The van der Waals surface area contributed by atoms with Crippen molar-refractivity contribution in [2.45, 2.75) is 51.7 Å². The van der Waals surface area contributed by atoms with Gasteiger partial charge in [0.05, 0.1) is 11.6 Å². The van der Waals surface area contributed by atoms with Gasteiger partial charge in [-0.2, -0.15) is 0 Å². The van der Waals surface area contributed by atoms with Crippen LogP contribution in [0.1, 0.15) is 47.8 Å². The molecule has 0 bridgehead atoms. The number of aryl methyl sites for hydroxylation is 2. The Bertz CT molecular complexity index is 1070. The van der Waals surface area contributed by atoms with Crippen LogP contribution in [0.15, 0.2) is 41.2 Å². The summed E-state index contributed by atoms with van der Waals surface area (Å²) in [5.74, 6) is 0.00584. The number of aliphatic hydroxyl groups excluding tert-OH is 1. The van der Waals surface area contributed by atoms with Crippen molar-refractivity contribution in [3.63, 3.8) is 0 Å². The number of fused-ring (bicyclic) bond motifs is 2. The summed E-state index contributed by atoms with van der Waals surface area (Å²) in [5, 5.41) is 25.0. The third kappa shape index (κ3) is 3.80. The van der Waals surface area contributed by atoms with Crippen LogP contribution in [0.2, 0.25) is 0 Å². The molecule has 5 nitrogen and oxygen atoms in total. The van der Waals surface area contributed by atoms with Crippen molar-refractivity contribution in [1.29, 1.82) is 0 Å². The number of hydrogen-bond acceptors (Lipinski definition) is 4. The van der Waals surface area contributed by atoms with Gasteiger partial charge in [0.2, 0.25) is 5.56 Å². The van der Waals surface area contributed by atoms with Crippen molar-refractivity contribution < 1.29 is 10.2 Å². The maximum absolute atomic E-state index is 11.6. The summed E-state index contributed by atoms with van der Waals surface area (Å²) in [4.78, 5) is 14.2. The van der Waals surface area contributed by atoms with Gasteiger partial charge >= 0.3 is 0 Å². The maximum Gasteiger partial charge on any atom is 0.248 e. The van der Waals surface area contributed by atoms with Crippen molar-refractivity contribution in [3.8, 4) is 5.75 Å². The van der Waals surface area contributed by atoms with Crippen LogP contribution in [0.4, 0.5) is 0 Å². The quantitative estimate of drug-likeness (QED) is 0.517. The molecule has 1 aliphatic carbocycles. The summed E-state index contributed by atoms with van der Waals surface area (Å²) < 4.78 is 0. The second-order valence-electron chi connectivity index (χ2n) is 7.91. The number of pyridine rings is 1. The molecule has 0 fully saturated rings. The molecular weight excluding hydrogens is 366 g/mol. The molecule has 1 aromatic heterocycles. The molecule has 0 saturated heterocycles. The number of phenols is 1. The zero-order valence-electron chi connectivity index (χ0n) is 17.0. The minimum atomic E-state index is -0.731. The maximum atomic E-state index is 11.6. The minimum Gasteiger partial charge on any atom is -0.506 e. The normalized spacial score (nSPS) is 16.9. The van der Waals surface area contributed by atoms with E-state index in [0.717, 1.165) is 25.7 Å². The number of aromatic amines is 1. The fourth-order valence-corrected chi connectivity index (χ4v) is 4.51. The van der Waals surface area contributed by atoms with E-state index in [0.29, 0.717) is 29.1 Å². The molecule has 0 radical (unpaired) electrons. The lowest BCUT2D eigenvalue weighted by Gasteiger charge is -2.18. The molecule has 0 aliphatic heterocycles. The van der Waals surface area contributed by atoms with E-state index in [1.165, 1.54) is 34.4 Å². The van der Waals surface area contributed by atoms with E-state index < -0.39 is 6.10 Å². The Morgan fingerprint density at radius 2 is 1.97 bits per heavy atom. The molecule has 0 spiro atoms. The third-order valence-electron chi connectivity index (χ3n) is 6.08. The van der Waals surface area contributed by atoms with E-state index in [-0.39, 0.29) is 11.3 Å². The molecule has 1 aliphatic rings. The smallest absolute Gasteiger partial charge is 0.248 e. The van der Waals surface area contributed by atoms with Gasteiger partial charge in [0.1, 0.15) is 5.75 Å². The molecule has 1 heterocycles. The Morgan fingerprint density at radius 1 is 1.21 bits per heavy atom. The van der Waals surface area contributed by atoms with E-state index in [9.17, 15) is 15.0 Å². The first-order valence-electron chi connectivity index (χ1n) is 10.4. The zero-order valence-corrected chi connectivity index (χ0v) is 17.0. The van der Waals surface area contributed by atoms with Crippen LogP contribution in [-0.2, 0) is 25.7 Å². The van der Waals surface area contributed by atoms with Crippen molar-refractivity contribution >= 4 is 10.9 Å². The molecular formula is C24H28N2O3. The summed E-state index contributed by atoms with van der Waals surface area (Å²) in [6.07, 6.45) is 3.34. The summed E-state index contributed by atoms with van der Waals surface area (Å²) >= 11 is 0. The topological polar surface area (TPSA) is 85.3 Å². The van der Waals surface area contributed by atoms with Crippen LogP contribution in [-0.4, -0.2) is 27.8 Å². The average Bonchev–Trinajstić information content (AvgIpc) is 3.13. The standard InChI is InChI=1S/C24H28N2O3/c1-3-14-9-16-11-18(12-17(16)10-15(14)4-2)25-13-22(28)19-5-7-21(27)24-20(19)6-8-23(29)26-24/h5-10,18,22,25,27-28H,3-4,11-13H2,1-2H3,(H,26,29)/t22-/m0/s1/i3+2/t18?,22-. The lowest BCUT2D eigenvalue weighted by atomic mass is 10.0. The number of aromatic hydroxyl groups is 1. The monoisotopic (exact) mass is 394 g/mol. The van der Waals surface area contributed by atoms with Crippen LogP contribution in [0.25, 0.3) is 10.9 Å². The highest BCUT2D eigenvalue weighted by Crippen LogP contribution is 2.30. The first kappa shape index (κ1) is 19.7. The number of phenolic OH excluding ortho intramolecular Hbond substituents is 1. The Morgan fingerprint density at radius 3 is 2.69 bits per heavy atom. The number of H-pyrrole nitrogens is 1. The molecule has 2 aromatic carbocycles. The van der Waals surface area contributed by atoms with Gasteiger partial charge in [-0.05, 0) is 65.6 Å². The Labute approximate surface area is 170 Å². The van der Waals surface area contributed by atoms with Crippen LogP contribution < -0.4 is 10.9 Å². The van der Waals surface area contributed by atoms with Crippen LogP contribution in [0, 0.1) is 0 Å². The van der Waals surface area contributed by atoms with E-state index in [4.69, 9.17) is 0 Å². The molecule has 0 saturated carbocycles. The second kappa shape index (κ2) is 8.01. The van der Waals surface area contributed by atoms with E-state index >= 15 is 0 Å². The molecule has 4 rings (SSSR count). The SMILES string of the molecule is CCc1cc2c(cc1[14CH2]C)CC(NC[C@H](O)c1ccc(O)c3[nH]c(=O)ccc13)C2. The first-order chi connectivity index (χ1) is 14.0.